The fraction of sp³-hybridized carbons (Fsp3) is 0.208. The number of hydrogen-bond acceptors (Lipinski definition) is 10. The maximum atomic E-state index is 12.1. The van der Waals surface area contributed by atoms with Gasteiger partial charge in [-0.05, 0) is 24.3 Å². The molecule has 3 aromatic rings. The Labute approximate surface area is 215 Å². The van der Waals surface area contributed by atoms with Gasteiger partial charge in [-0.15, -0.1) is 0 Å². The average Bonchev–Trinajstić information content (AvgIpc) is 2.93. The van der Waals surface area contributed by atoms with Crippen molar-refractivity contribution >= 4 is 28.7 Å². The topological polar surface area (TPSA) is 182 Å². The van der Waals surface area contributed by atoms with Crippen LogP contribution in [-0.2, 0) is 6.54 Å². The van der Waals surface area contributed by atoms with Gasteiger partial charge in [0.2, 0.25) is 0 Å². The highest BCUT2D eigenvalue weighted by Gasteiger charge is 2.21. The Morgan fingerprint density at radius 3 is 2.39 bits per heavy atom. The Morgan fingerprint density at radius 2 is 1.71 bits per heavy atom. The molecule has 0 bridgehead atoms. The molecule has 0 unspecified atom stereocenters. The number of nitrogens with zero attached hydrogens (tertiary/aromatic N) is 4. The first kappa shape index (κ1) is 26.0. The van der Waals surface area contributed by atoms with E-state index in [0.29, 0.717) is 41.6 Å². The van der Waals surface area contributed by atoms with Crippen LogP contribution in [0.2, 0.25) is 0 Å². The second-order valence-electron chi connectivity index (χ2n) is 7.98. The summed E-state index contributed by atoms with van der Waals surface area (Å²) in [5.41, 5.74) is 3.17. The van der Waals surface area contributed by atoms with Crippen molar-refractivity contribution in [3.63, 3.8) is 0 Å². The molecule has 0 saturated heterocycles. The minimum absolute atomic E-state index is 0.0310. The number of hydrazone groups is 1. The number of rotatable bonds is 10. The van der Waals surface area contributed by atoms with Crippen LogP contribution in [0.4, 0.5) is 17.1 Å². The molecule has 38 heavy (non-hydrogen) atoms. The van der Waals surface area contributed by atoms with Crippen molar-refractivity contribution in [1.29, 1.82) is 0 Å². The first-order valence-electron chi connectivity index (χ1n) is 11.4. The summed E-state index contributed by atoms with van der Waals surface area (Å²) in [5, 5.41) is 38.4. The van der Waals surface area contributed by atoms with Gasteiger partial charge in [0.25, 0.3) is 11.6 Å². The number of carbonyl (C=O) groups is 1. The first-order valence-corrected chi connectivity index (χ1v) is 11.4. The van der Waals surface area contributed by atoms with Gasteiger partial charge >= 0.3 is 5.69 Å². The number of carbonyl (C=O) groups excluding carboxylic acids is 1. The third-order valence-electron chi connectivity index (χ3n) is 5.46. The largest absolute Gasteiger partial charge is 0.486 e. The molecule has 0 aliphatic carbocycles. The van der Waals surface area contributed by atoms with E-state index >= 15 is 0 Å². The third-order valence-corrected chi connectivity index (χ3v) is 5.46. The number of nitro benzene ring substituents is 2. The molecule has 1 aliphatic rings. The van der Waals surface area contributed by atoms with Crippen molar-refractivity contribution in [2.24, 2.45) is 5.10 Å². The van der Waals surface area contributed by atoms with Crippen LogP contribution in [0.5, 0.6) is 11.5 Å². The van der Waals surface area contributed by atoms with Gasteiger partial charge in [-0.2, -0.15) is 9.67 Å². The molecule has 0 radical (unpaired) electrons. The number of aliphatic hydroxyl groups excluding tert-OH is 1. The van der Waals surface area contributed by atoms with Gasteiger partial charge in [-0.3, -0.25) is 30.4 Å². The predicted molar refractivity (Wildman–Crippen MR) is 133 cm³/mol. The summed E-state index contributed by atoms with van der Waals surface area (Å²) < 4.78 is 13.0. The summed E-state index contributed by atoms with van der Waals surface area (Å²) in [6.07, 6.45) is 3.32. The number of nitro groups is 2. The summed E-state index contributed by atoms with van der Waals surface area (Å²) in [5.74, 6) is 0.756. The van der Waals surface area contributed by atoms with Crippen LogP contribution < -0.4 is 24.8 Å². The number of pyridine rings is 1. The Kier molecular flexibility index (Phi) is 8.03. The summed E-state index contributed by atoms with van der Waals surface area (Å²) in [6.45, 7) is 0.951. The second kappa shape index (κ2) is 11.7. The number of non-ortho nitro benzene ring substituents is 1. The number of anilines is 1. The molecule has 1 amide bonds. The van der Waals surface area contributed by atoms with Crippen molar-refractivity contribution in [3.8, 4) is 11.5 Å². The number of fused-ring (bicyclic) bond motifs is 1. The number of aliphatic hydroxyl groups is 1. The summed E-state index contributed by atoms with van der Waals surface area (Å²) in [7, 11) is 0. The van der Waals surface area contributed by atoms with Gasteiger partial charge in [0.1, 0.15) is 24.6 Å². The zero-order chi connectivity index (χ0) is 27.1. The zero-order valence-corrected chi connectivity index (χ0v) is 19.9. The number of nitrogens with one attached hydrogen (secondary N) is 2. The fourth-order valence-electron chi connectivity index (χ4n) is 3.58. The quantitative estimate of drug-likeness (QED) is 0.154. The number of benzene rings is 2. The fourth-order valence-corrected chi connectivity index (χ4v) is 3.58. The van der Waals surface area contributed by atoms with Crippen LogP contribution >= 0.6 is 0 Å². The highest BCUT2D eigenvalue weighted by atomic mass is 16.6. The van der Waals surface area contributed by atoms with E-state index in [1.54, 1.807) is 47.3 Å². The Morgan fingerprint density at radius 1 is 0.974 bits per heavy atom. The van der Waals surface area contributed by atoms with Crippen LogP contribution in [-0.4, -0.2) is 52.9 Å². The number of amides is 1. The molecule has 0 atom stereocenters. The van der Waals surface area contributed by atoms with E-state index in [2.05, 4.69) is 15.8 Å². The normalized spacial score (nSPS) is 12.5. The molecule has 14 nitrogen and oxygen atoms in total. The van der Waals surface area contributed by atoms with Crippen molar-refractivity contribution in [2.75, 3.05) is 31.8 Å². The van der Waals surface area contributed by atoms with Crippen LogP contribution in [0.25, 0.3) is 0 Å². The van der Waals surface area contributed by atoms with Gasteiger partial charge in [0.15, 0.2) is 30.4 Å². The Balaban J connectivity index is 1.66. The lowest BCUT2D eigenvalue weighted by Crippen LogP contribution is -2.38. The number of ether oxygens (including phenoxy) is 2. The molecule has 4 rings (SSSR count). The first-order chi connectivity index (χ1) is 18.4. The molecule has 3 N–H and O–H groups in total. The van der Waals surface area contributed by atoms with E-state index in [1.807, 2.05) is 0 Å². The van der Waals surface area contributed by atoms with Crippen LogP contribution in [0.1, 0.15) is 15.9 Å². The third kappa shape index (κ3) is 6.17. The van der Waals surface area contributed by atoms with Crippen molar-refractivity contribution in [1.82, 2.24) is 5.32 Å². The maximum Gasteiger partial charge on any atom is 0.301 e. The molecule has 1 aliphatic heterocycles. The molecule has 0 spiro atoms. The predicted octanol–water partition coefficient (Wildman–Crippen LogP) is 1.80. The van der Waals surface area contributed by atoms with Crippen molar-refractivity contribution in [2.45, 2.75) is 6.54 Å². The smallest absolute Gasteiger partial charge is 0.301 e. The number of hydrogen-bond donors (Lipinski definition) is 3. The lowest BCUT2D eigenvalue weighted by molar-refractivity contribution is -0.681. The molecule has 2 heterocycles. The maximum absolute atomic E-state index is 12.1. The monoisotopic (exact) mass is 523 g/mol. The van der Waals surface area contributed by atoms with Crippen molar-refractivity contribution in [3.05, 3.63) is 92.3 Å². The summed E-state index contributed by atoms with van der Waals surface area (Å²) >= 11 is 0. The molecule has 2 aromatic carbocycles. The van der Waals surface area contributed by atoms with Gasteiger partial charge in [-0.25, -0.2) is 0 Å². The standard InChI is InChI=1S/C24H22N6O8/c31-10-7-25-24(32)16-5-8-28(9-6-16)15-20(17-1-4-22-23(13-17)38-12-11-37-22)27-26-19-3-2-18(29(33)34)14-21(19)30(35)36/h1-6,8-9,13-14,26,31H,7,10-12,15H2/p+1/b27-20-. The van der Waals surface area contributed by atoms with Crippen molar-refractivity contribution < 1.29 is 33.8 Å². The molecule has 14 heteroatoms. The minimum atomic E-state index is -0.732. The van der Waals surface area contributed by atoms with Crippen LogP contribution in [0.15, 0.2) is 66.0 Å². The van der Waals surface area contributed by atoms with Gasteiger partial charge < -0.3 is 19.9 Å². The van der Waals surface area contributed by atoms with E-state index < -0.39 is 21.2 Å². The molecular formula is C24H23N6O8+. The lowest BCUT2D eigenvalue weighted by atomic mass is 10.1. The number of aromatic nitrogens is 1. The molecule has 1 aromatic heterocycles. The molecule has 196 valence electrons. The van der Waals surface area contributed by atoms with Crippen LogP contribution in [0, 0.1) is 20.2 Å². The van der Waals surface area contributed by atoms with Gasteiger partial charge in [0.05, 0.1) is 28.1 Å². The van der Waals surface area contributed by atoms with Gasteiger partial charge in [0, 0.05) is 30.3 Å². The molecule has 0 fully saturated rings. The minimum Gasteiger partial charge on any atom is -0.486 e. The Bertz CT molecular complexity index is 1390. The van der Waals surface area contributed by atoms with E-state index in [-0.39, 0.29) is 31.3 Å². The highest BCUT2D eigenvalue weighted by molar-refractivity contribution is 6.00. The Hall–Kier alpha value is -5.11. The van der Waals surface area contributed by atoms with Gasteiger partial charge in [-0.1, -0.05) is 0 Å². The lowest BCUT2D eigenvalue weighted by Gasteiger charge is -2.19. The zero-order valence-electron chi connectivity index (χ0n) is 19.9. The SMILES string of the molecule is O=C(NCCO)c1cc[n+](C/C(=N/Nc2ccc([N+](=O)[O-])cc2[N+](=O)[O-])c2ccc3c(c2)OCCO3)cc1. The molecular weight excluding hydrogens is 500 g/mol. The van der Waals surface area contributed by atoms with Crippen LogP contribution in [0.3, 0.4) is 0 Å². The highest BCUT2D eigenvalue weighted by Crippen LogP contribution is 2.32. The van der Waals surface area contributed by atoms with E-state index in [0.717, 1.165) is 12.1 Å². The second-order valence-corrected chi connectivity index (χ2v) is 7.98. The summed E-state index contributed by atoms with van der Waals surface area (Å²) in [6, 6.07) is 11.6. The van der Waals surface area contributed by atoms with E-state index in [4.69, 9.17) is 14.6 Å². The average molecular weight is 523 g/mol. The summed E-state index contributed by atoms with van der Waals surface area (Å²) in [4.78, 5) is 33.2. The van der Waals surface area contributed by atoms with E-state index in [1.165, 1.54) is 6.07 Å². The molecule has 0 saturated carbocycles. The van der Waals surface area contributed by atoms with E-state index in [9.17, 15) is 25.0 Å².